The average Bonchev–Trinajstić information content (AvgIpc) is 2.49. The van der Waals surface area contributed by atoms with Gasteiger partial charge in [-0.3, -0.25) is 0 Å². The minimum Gasteiger partial charge on any atom is -0.495 e. The van der Waals surface area contributed by atoms with Crippen LogP contribution in [0.15, 0.2) is 42.6 Å². The molecular formula is C15H15NO4. The molecule has 1 aromatic carbocycles. The second-order valence-corrected chi connectivity index (χ2v) is 3.88. The van der Waals surface area contributed by atoms with Crippen LogP contribution in [0.2, 0.25) is 0 Å². The highest BCUT2D eigenvalue weighted by Crippen LogP contribution is 2.21. The molecule has 2 aromatic rings. The molecule has 104 valence electrons. The molecule has 0 radical (unpaired) electrons. The summed E-state index contributed by atoms with van der Waals surface area (Å²) in [4.78, 5) is 15.6. The van der Waals surface area contributed by atoms with Gasteiger partial charge < -0.3 is 14.2 Å². The van der Waals surface area contributed by atoms with E-state index in [1.54, 1.807) is 56.6 Å². The first-order valence-corrected chi connectivity index (χ1v) is 6.18. The summed E-state index contributed by atoms with van der Waals surface area (Å²) in [5.74, 6) is 1.36. The molecule has 0 bridgehead atoms. The van der Waals surface area contributed by atoms with Gasteiger partial charge in [-0.05, 0) is 37.3 Å². The summed E-state index contributed by atoms with van der Waals surface area (Å²) < 4.78 is 15.5. The molecule has 1 aromatic heterocycles. The van der Waals surface area contributed by atoms with Crippen molar-refractivity contribution in [3.63, 3.8) is 0 Å². The normalized spacial score (nSPS) is 9.90. The fraction of sp³-hybridized carbons (Fsp3) is 0.200. The van der Waals surface area contributed by atoms with Crippen LogP contribution in [0.1, 0.15) is 17.3 Å². The minimum absolute atomic E-state index is 0.346. The Morgan fingerprint density at radius 3 is 2.35 bits per heavy atom. The summed E-state index contributed by atoms with van der Waals surface area (Å²) in [6, 6.07) is 10.2. The highest BCUT2D eigenvalue weighted by Gasteiger charge is 2.06. The molecule has 0 aliphatic rings. The third-order valence-corrected chi connectivity index (χ3v) is 2.53. The molecule has 0 fully saturated rings. The van der Waals surface area contributed by atoms with E-state index in [0.29, 0.717) is 29.5 Å². The van der Waals surface area contributed by atoms with E-state index in [1.165, 1.54) is 0 Å². The number of hydrogen-bond acceptors (Lipinski definition) is 5. The fourth-order valence-electron chi connectivity index (χ4n) is 1.54. The molecule has 2 rings (SSSR count). The van der Waals surface area contributed by atoms with Crippen molar-refractivity contribution >= 4 is 5.97 Å². The predicted octanol–water partition coefficient (Wildman–Crippen LogP) is 3.06. The molecule has 0 aliphatic carbocycles. The molecule has 0 saturated carbocycles. The van der Waals surface area contributed by atoms with Crippen LogP contribution in [0, 0.1) is 0 Å². The van der Waals surface area contributed by atoms with Crippen LogP contribution in [0.5, 0.6) is 17.4 Å². The van der Waals surface area contributed by atoms with Crippen LogP contribution >= 0.6 is 0 Å². The van der Waals surface area contributed by atoms with E-state index >= 15 is 0 Å². The molecule has 0 atom stereocenters. The van der Waals surface area contributed by atoms with Crippen molar-refractivity contribution in [3.8, 4) is 17.4 Å². The summed E-state index contributed by atoms with van der Waals surface area (Å²) in [7, 11) is 1.58. The maximum atomic E-state index is 11.5. The standard InChI is InChI=1S/C15H15NO4/c1-3-19-15(17)11-4-6-12(7-5-11)20-14-9-8-13(18-2)10-16-14/h4-10H,3H2,1-2H3. The van der Waals surface area contributed by atoms with E-state index in [0.717, 1.165) is 0 Å². The van der Waals surface area contributed by atoms with E-state index in [9.17, 15) is 4.79 Å². The van der Waals surface area contributed by atoms with Gasteiger partial charge >= 0.3 is 5.97 Å². The predicted molar refractivity (Wildman–Crippen MR) is 73.3 cm³/mol. The van der Waals surface area contributed by atoms with E-state index in [2.05, 4.69) is 4.98 Å². The lowest BCUT2D eigenvalue weighted by Gasteiger charge is -2.06. The maximum Gasteiger partial charge on any atom is 0.338 e. The number of methoxy groups -OCH3 is 1. The Morgan fingerprint density at radius 2 is 1.80 bits per heavy atom. The number of ether oxygens (including phenoxy) is 3. The number of benzene rings is 1. The van der Waals surface area contributed by atoms with Crippen molar-refractivity contribution in [2.75, 3.05) is 13.7 Å². The summed E-state index contributed by atoms with van der Waals surface area (Å²) in [6.07, 6.45) is 1.57. The lowest BCUT2D eigenvalue weighted by Crippen LogP contribution is -2.04. The highest BCUT2D eigenvalue weighted by atomic mass is 16.5. The number of hydrogen-bond donors (Lipinski definition) is 0. The minimum atomic E-state index is -0.346. The summed E-state index contributed by atoms with van der Waals surface area (Å²) in [5.41, 5.74) is 0.488. The Kier molecular flexibility index (Phi) is 4.55. The first-order valence-electron chi connectivity index (χ1n) is 6.18. The first-order chi connectivity index (χ1) is 9.72. The lowest BCUT2D eigenvalue weighted by atomic mass is 10.2. The Hall–Kier alpha value is -2.56. The van der Waals surface area contributed by atoms with Crippen LogP contribution in [0.3, 0.4) is 0 Å². The van der Waals surface area contributed by atoms with Crippen molar-refractivity contribution in [3.05, 3.63) is 48.2 Å². The zero-order chi connectivity index (χ0) is 14.4. The first kappa shape index (κ1) is 13.9. The van der Waals surface area contributed by atoms with Gasteiger partial charge in [-0.25, -0.2) is 9.78 Å². The van der Waals surface area contributed by atoms with Gasteiger partial charge in [0, 0.05) is 6.07 Å². The van der Waals surface area contributed by atoms with Crippen LogP contribution < -0.4 is 9.47 Å². The quantitative estimate of drug-likeness (QED) is 0.784. The molecule has 5 heteroatoms. The molecule has 1 heterocycles. The zero-order valence-electron chi connectivity index (χ0n) is 11.3. The fourth-order valence-corrected chi connectivity index (χ4v) is 1.54. The Balaban J connectivity index is 2.04. The molecule has 0 saturated heterocycles. The number of carbonyl (C=O) groups excluding carboxylic acids is 1. The molecule has 0 unspecified atom stereocenters. The summed E-state index contributed by atoms with van der Waals surface area (Å²) in [5, 5.41) is 0. The molecule has 0 amide bonds. The monoisotopic (exact) mass is 273 g/mol. The molecule has 0 spiro atoms. The number of esters is 1. The molecule has 0 aliphatic heterocycles. The molecular weight excluding hydrogens is 258 g/mol. The highest BCUT2D eigenvalue weighted by molar-refractivity contribution is 5.89. The molecule has 0 N–H and O–H groups in total. The van der Waals surface area contributed by atoms with Crippen LogP contribution in [-0.4, -0.2) is 24.7 Å². The van der Waals surface area contributed by atoms with Crippen molar-refractivity contribution < 1.29 is 19.0 Å². The summed E-state index contributed by atoms with van der Waals surface area (Å²) >= 11 is 0. The third kappa shape index (κ3) is 3.47. The van der Waals surface area contributed by atoms with Gasteiger partial charge in [0.2, 0.25) is 5.88 Å². The van der Waals surface area contributed by atoms with Gasteiger partial charge in [0.25, 0.3) is 0 Å². The van der Waals surface area contributed by atoms with Crippen molar-refractivity contribution in [2.24, 2.45) is 0 Å². The van der Waals surface area contributed by atoms with E-state index < -0.39 is 0 Å². The second kappa shape index (κ2) is 6.56. The van der Waals surface area contributed by atoms with Crippen LogP contribution in [-0.2, 0) is 4.74 Å². The topological polar surface area (TPSA) is 57.7 Å². The van der Waals surface area contributed by atoms with Crippen LogP contribution in [0.4, 0.5) is 0 Å². The van der Waals surface area contributed by atoms with Gasteiger partial charge in [-0.15, -0.1) is 0 Å². The van der Waals surface area contributed by atoms with Crippen molar-refractivity contribution in [1.82, 2.24) is 4.98 Å². The van der Waals surface area contributed by atoms with E-state index in [-0.39, 0.29) is 5.97 Å². The Labute approximate surface area is 117 Å². The third-order valence-electron chi connectivity index (χ3n) is 2.53. The number of carbonyl (C=O) groups is 1. The van der Waals surface area contributed by atoms with E-state index in [1.807, 2.05) is 0 Å². The zero-order valence-corrected chi connectivity index (χ0v) is 11.3. The van der Waals surface area contributed by atoms with Crippen LogP contribution in [0.25, 0.3) is 0 Å². The average molecular weight is 273 g/mol. The van der Waals surface area contributed by atoms with E-state index in [4.69, 9.17) is 14.2 Å². The smallest absolute Gasteiger partial charge is 0.338 e. The maximum absolute atomic E-state index is 11.5. The largest absolute Gasteiger partial charge is 0.495 e. The molecule has 20 heavy (non-hydrogen) atoms. The van der Waals surface area contributed by atoms with Gasteiger partial charge in [-0.2, -0.15) is 0 Å². The van der Waals surface area contributed by atoms with Gasteiger partial charge in [0.1, 0.15) is 11.5 Å². The van der Waals surface area contributed by atoms with Crippen molar-refractivity contribution in [2.45, 2.75) is 6.92 Å². The number of pyridine rings is 1. The number of aromatic nitrogens is 1. The lowest BCUT2D eigenvalue weighted by molar-refractivity contribution is 0.0526. The van der Waals surface area contributed by atoms with Gasteiger partial charge in [-0.1, -0.05) is 0 Å². The van der Waals surface area contributed by atoms with Crippen molar-refractivity contribution in [1.29, 1.82) is 0 Å². The second-order valence-electron chi connectivity index (χ2n) is 3.88. The molecule has 5 nitrogen and oxygen atoms in total. The van der Waals surface area contributed by atoms with Gasteiger partial charge in [0.15, 0.2) is 0 Å². The Bertz CT molecular complexity index is 563. The number of rotatable bonds is 5. The summed E-state index contributed by atoms with van der Waals surface area (Å²) in [6.45, 7) is 2.12. The Morgan fingerprint density at radius 1 is 1.10 bits per heavy atom. The SMILES string of the molecule is CCOC(=O)c1ccc(Oc2ccc(OC)cn2)cc1. The van der Waals surface area contributed by atoms with Gasteiger partial charge in [0.05, 0.1) is 25.5 Å². The number of nitrogens with zero attached hydrogens (tertiary/aromatic N) is 1.